The van der Waals surface area contributed by atoms with Crippen LogP contribution in [0.2, 0.25) is 0 Å². The first-order valence-electron chi connectivity index (χ1n) is 7.16. The molecule has 0 aliphatic carbocycles. The topological polar surface area (TPSA) is 112 Å². The fourth-order valence-electron chi connectivity index (χ4n) is 2.93. The molecule has 1 fully saturated rings. The summed E-state index contributed by atoms with van der Waals surface area (Å²) in [5, 5.41) is 21.6. The Morgan fingerprint density at radius 2 is 1.83 bits per heavy atom. The fraction of sp³-hybridized carbons (Fsp3) is 0.250. The molecule has 2 unspecified atom stereocenters. The van der Waals surface area contributed by atoms with Gasteiger partial charge in [-0.2, -0.15) is 0 Å². The predicted molar refractivity (Wildman–Crippen MR) is 81.2 cm³/mol. The van der Waals surface area contributed by atoms with Crippen molar-refractivity contribution < 1.29 is 19.8 Å². The van der Waals surface area contributed by atoms with E-state index in [0.717, 1.165) is 0 Å². The minimum atomic E-state index is -1.05. The van der Waals surface area contributed by atoms with E-state index in [2.05, 4.69) is 15.3 Å². The Labute approximate surface area is 132 Å². The largest absolute Gasteiger partial charge is 0.480 e. The lowest BCUT2D eigenvalue weighted by Gasteiger charge is -2.17. The van der Waals surface area contributed by atoms with Crippen molar-refractivity contribution in [2.24, 2.45) is 0 Å². The normalized spacial score (nSPS) is 20.3. The summed E-state index contributed by atoms with van der Waals surface area (Å²) in [5.74, 6) is -2.25. The summed E-state index contributed by atoms with van der Waals surface area (Å²) in [6.45, 7) is 0.586. The molecule has 3 N–H and O–H groups in total. The number of nitrogens with zero attached hydrogens (tertiary/aromatic N) is 2. The third-order valence-corrected chi connectivity index (χ3v) is 4.01. The predicted octanol–water partition coefficient (Wildman–Crippen LogP) is 1.37. The quantitative estimate of drug-likeness (QED) is 0.781. The Bertz CT molecular complexity index is 748. The molecule has 2 aromatic rings. The Hall–Kier alpha value is -2.80. The van der Waals surface area contributed by atoms with E-state index in [1.165, 1.54) is 6.33 Å². The number of rotatable bonds is 4. The summed E-state index contributed by atoms with van der Waals surface area (Å²) in [5.41, 5.74) is 2.17. The molecular formula is C16H15N3O4. The Morgan fingerprint density at radius 3 is 2.48 bits per heavy atom. The molecule has 7 heteroatoms. The molecule has 0 amide bonds. The van der Waals surface area contributed by atoms with E-state index in [9.17, 15) is 19.8 Å². The summed E-state index contributed by atoms with van der Waals surface area (Å²) in [6.07, 6.45) is 5.23. The number of hydrogen-bond donors (Lipinski definition) is 3. The fourth-order valence-corrected chi connectivity index (χ4v) is 2.93. The first-order valence-corrected chi connectivity index (χ1v) is 7.16. The van der Waals surface area contributed by atoms with Crippen molar-refractivity contribution in [3.05, 3.63) is 48.0 Å². The maximum atomic E-state index is 11.4. The van der Waals surface area contributed by atoms with Crippen molar-refractivity contribution in [2.45, 2.75) is 18.4 Å². The van der Waals surface area contributed by atoms with Crippen LogP contribution in [0.5, 0.6) is 0 Å². The van der Waals surface area contributed by atoms with Gasteiger partial charge in [0.15, 0.2) is 0 Å². The van der Waals surface area contributed by atoms with Crippen molar-refractivity contribution in [2.75, 3.05) is 6.54 Å². The van der Waals surface area contributed by atoms with Gasteiger partial charge in [0.05, 0.1) is 5.56 Å². The monoisotopic (exact) mass is 313 g/mol. The molecule has 0 spiro atoms. The molecule has 1 aliphatic heterocycles. The summed E-state index contributed by atoms with van der Waals surface area (Å²) in [4.78, 5) is 30.6. The third-order valence-electron chi connectivity index (χ3n) is 4.01. The second-order valence-electron chi connectivity index (χ2n) is 5.44. The standard InChI is InChI=1S/C16H15N3O4/c20-15(21)11-4-9(12-6-17-8-18-7-12)3-10(5-11)13-1-2-19-14(13)16(22)23/h3-8,13-14,19H,1-2H2,(H,20,21)(H,22,23). The molecular weight excluding hydrogens is 298 g/mol. The van der Waals surface area contributed by atoms with Crippen LogP contribution in [0.3, 0.4) is 0 Å². The van der Waals surface area contributed by atoms with Gasteiger partial charge in [0, 0.05) is 23.9 Å². The number of nitrogens with one attached hydrogen (secondary N) is 1. The van der Waals surface area contributed by atoms with Gasteiger partial charge in [0.25, 0.3) is 0 Å². The van der Waals surface area contributed by atoms with Crippen LogP contribution in [0.15, 0.2) is 36.9 Å². The summed E-state index contributed by atoms with van der Waals surface area (Å²) in [6, 6.07) is 4.20. The second-order valence-corrected chi connectivity index (χ2v) is 5.44. The molecule has 1 aliphatic rings. The number of hydrogen-bond acceptors (Lipinski definition) is 5. The molecule has 0 saturated carbocycles. The van der Waals surface area contributed by atoms with Gasteiger partial charge in [0.2, 0.25) is 0 Å². The van der Waals surface area contributed by atoms with Crippen LogP contribution >= 0.6 is 0 Å². The van der Waals surface area contributed by atoms with Crippen LogP contribution in [-0.2, 0) is 4.79 Å². The summed E-state index contributed by atoms with van der Waals surface area (Å²) in [7, 11) is 0. The maximum Gasteiger partial charge on any atom is 0.335 e. The van der Waals surface area contributed by atoms with Crippen molar-refractivity contribution in [1.82, 2.24) is 15.3 Å². The molecule has 23 heavy (non-hydrogen) atoms. The van der Waals surface area contributed by atoms with Crippen LogP contribution in [0.4, 0.5) is 0 Å². The first-order chi connectivity index (χ1) is 11.1. The molecule has 1 aromatic heterocycles. The first kappa shape index (κ1) is 15.1. The lowest BCUT2D eigenvalue weighted by molar-refractivity contribution is -0.139. The average Bonchev–Trinajstić information content (AvgIpc) is 3.05. The number of aromatic carboxylic acids is 1. The van der Waals surface area contributed by atoms with E-state index in [1.807, 2.05) is 6.07 Å². The molecule has 0 bridgehead atoms. The summed E-state index contributed by atoms with van der Waals surface area (Å²) < 4.78 is 0. The van der Waals surface area contributed by atoms with E-state index < -0.39 is 18.0 Å². The lowest BCUT2D eigenvalue weighted by Crippen LogP contribution is -2.34. The highest BCUT2D eigenvalue weighted by atomic mass is 16.4. The van der Waals surface area contributed by atoms with Crippen molar-refractivity contribution in [3.63, 3.8) is 0 Å². The van der Waals surface area contributed by atoms with E-state index in [1.54, 1.807) is 24.5 Å². The summed E-state index contributed by atoms with van der Waals surface area (Å²) >= 11 is 0. The zero-order chi connectivity index (χ0) is 16.4. The molecule has 0 radical (unpaired) electrons. The van der Waals surface area contributed by atoms with Gasteiger partial charge in [-0.05, 0) is 36.2 Å². The van der Waals surface area contributed by atoms with Crippen LogP contribution in [0, 0.1) is 0 Å². The van der Waals surface area contributed by atoms with Crippen LogP contribution in [0.25, 0.3) is 11.1 Å². The molecule has 2 atom stereocenters. The zero-order valence-electron chi connectivity index (χ0n) is 12.1. The SMILES string of the molecule is O=C(O)c1cc(-c2cncnc2)cc(C2CCNC2C(=O)O)c1. The Balaban J connectivity index is 2.08. The van der Waals surface area contributed by atoms with Crippen LogP contribution < -0.4 is 5.32 Å². The highest BCUT2D eigenvalue weighted by molar-refractivity contribution is 5.90. The molecule has 7 nitrogen and oxygen atoms in total. The zero-order valence-corrected chi connectivity index (χ0v) is 12.1. The average molecular weight is 313 g/mol. The van der Waals surface area contributed by atoms with Crippen LogP contribution in [-0.4, -0.2) is 44.7 Å². The third kappa shape index (κ3) is 3.04. The van der Waals surface area contributed by atoms with Gasteiger partial charge in [-0.1, -0.05) is 6.07 Å². The minimum Gasteiger partial charge on any atom is -0.480 e. The number of benzene rings is 1. The highest BCUT2D eigenvalue weighted by Crippen LogP contribution is 2.32. The van der Waals surface area contributed by atoms with Gasteiger partial charge in [-0.25, -0.2) is 14.8 Å². The van der Waals surface area contributed by atoms with Gasteiger partial charge in [-0.15, -0.1) is 0 Å². The molecule has 1 saturated heterocycles. The maximum absolute atomic E-state index is 11.4. The Morgan fingerprint density at radius 1 is 1.09 bits per heavy atom. The van der Waals surface area contributed by atoms with Gasteiger partial charge in [0.1, 0.15) is 12.4 Å². The highest BCUT2D eigenvalue weighted by Gasteiger charge is 2.34. The Kier molecular flexibility index (Phi) is 4.03. The molecule has 118 valence electrons. The second kappa shape index (κ2) is 6.13. The number of aliphatic carboxylic acids is 1. The van der Waals surface area contributed by atoms with Gasteiger partial charge >= 0.3 is 11.9 Å². The molecule has 1 aromatic carbocycles. The van der Waals surface area contributed by atoms with E-state index in [-0.39, 0.29) is 11.5 Å². The number of carboxylic acids is 2. The van der Waals surface area contributed by atoms with E-state index in [4.69, 9.17) is 0 Å². The van der Waals surface area contributed by atoms with Crippen LogP contribution in [0.1, 0.15) is 28.3 Å². The lowest BCUT2D eigenvalue weighted by atomic mass is 9.88. The number of carboxylic acid groups (broad SMARTS) is 2. The van der Waals surface area contributed by atoms with Gasteiger partial charge in [-0.3, -0.25) is 4.79 Å². The van der Waals surface area contributed by atoms with Gasteiger partial charge < -0.3 is 15.5 Å². The minimum absolute atomic E-state index is 0.123. The molecule has 2 heterocycles. The van der Waals surface area contributed by atoms with E-state index >= 15 is 0 Å². The smallest absolute Gasteiger partial charge is 0.335 e. The van der Waals surface area contributed by atoms with Crippen molar-refractivity contribution in [3.8, 4) is 11.1 Å². The molecule has 3 rings (SSSR count). The number of carbonyl (C=O) groups is 2. The van der Waals surface area contributed by atoms with Crippen molar-refractivity contribution >= 4 is 11.9 Å². The number of aromatic nitrogens is 2. The van der Waals surface area contributed by atoms with Crippen molar-refractivity contribution in [1.29, 1.82) is 0 Å². The van der Waals surface area contributed by atoms with E-state index in [0.29, 0.717) is 29.7 Å².